The highest BCUT2D eigenvalue weighted by Gasteiger charge is 2.42. The average molecular weight is 344 g/mol. The second kappa shape index (κ2) is 8.94. The van der Waals surface area contributed by atoms with Crippen LogP contribution in [0.15, 0.2) is 12.7 Å². The van der Waals surface area contributed by atoms with Gasteiger partial charge in [-0.25, -0.2) is 0 Å². The second-order valence-electron chi connectivity index (χ2n) is 7.32. The van der Waals surface area contributed by atoms with E-state index in [1.807, 2.05) is 6.92 Å². The summed E-state index contributed by atoms with van der Waals surface area (Å²) in [6, 6.07) is 0. The molecule has 0 aromatic heterocycles. The zero-order chi connectivity index (χ0) is 18.5. The van der Waals surface area contributed by atoms with E-state index in [1.165, 1.54) is 6.92 Å². The third-order valence-corrected chi connectivity index (χ3v) is 4.20. The molecule has 0 aliphatic carbocycles. The van der Waals surface area contributed by atoms with Crippen molar-refractivity contribution >= 4 is 5.97 Å². The first-order valence-electron chi connectivity index (χ1n) is 8.54. The molecule has 6 heteroatoms. The lowest BCUT2D eigenvalue weighted by Gasteiger charge is -2.43. The molecule has 0 radical (unpaired) electrons. The van der Waals surface area contributed by atoms with Crippen LogP contribution in [0.1, 0.15) is 53.9 Å². The van der Waals surface area contributed by atoms with Gasteiger partial charge in [0.2, 0.25) is 0 Å². The maximum atomic E-state index is 11.5. The normalized spacial score (nSPS) is 30.5. The Labute approximate surface area is 144 Å². The van der Waals surface area contributed by atoms with Crippen molar-refractivity contribution in [2.24, 2.45) is 5.92 Å². The van der Waals surface area contributed by atoms with Gasteiger partial charge in [-0.15, -0.1) is 0 Å². The van der Waals surface area contributed by atoms with E-state index in [0.717, 1.165) is 0 Å². The fourth-order valence-electron chi connectivity index (χ4n) is 2.96. The van der Waals surface area contributed by atoms with Crippen molar-refractivity contribution in [3.05, 3.63) is 12.7 Å². The molecule has 0 aromatic carbocycles. The molecular weight excluding hydrogens is 312 g/mol. The minimum absolute atomic E-state index is 0.0815. The van der Waals surface area contributed by atoms with E-state index in [1.54, 1.807) is 26.8 Å². The van der Waals surface area contributed by atoms with Gasteiger partial charge in [0.15, 0.2) is 6.29 Å². The minimum atomic E-state index is -0.857. The molecule has 0 aromatic rings. The molecule has 0 bridgehead atoms. The summed E-state index contributed by atoms with van der Waals surface area (Å²) in [6.45, 7) is 12.2. The van der Waals surface area contributed by atoms with Gasteiger partial charge >= 0.3 is 5.97 Å². The third-order valence-electron chi connectivity index (χ3n) is 4.20. The summed E-state index contributed by atoms with van der Waals surface area (Å²) in [6.07, 6.45) is 0.718. The van der Waals surface area contributed by atoms with Gasteiger partial charge in [-0.05, 0) is 46.1 Å². The highest BCUT2D eigenvalue weighted by Crippen LogP contribution is 2.33. The van der Waals surface area contributed by atoms with E-state index in [0.29, 0.717) is 19.3 Å². The molecule has 1 rings (SSSR count). The van der Waals surface area contributed by atoms with Gasteiger partial charge in [0.1, 0.15) is 12.2 Å². The van der Waals surface area contributed by atoms with Crippen molar-refractivity contribution in [3.8, 4) is 0 Å². The predicted molar refractivity (Wildman–Crippen MR) is 90.3 cm³/mol. The Balaban J connectivity index is 2.93. The minimum Gasteiger partial charge on any atom is -0.460 e. The Morgan fingerprint density at radius 3 is 2.50 bits per heavy atom. The molecule has 1 saturated heterocycles. The van der Waals surface area contributed by atoms with Crippen LogP contribution in [0, 0.1) is 5.92 Å². The number of aliphatic hydroxyl groups is 2. The van der Waals surface area contributed by atoms with Gasteiger partial charge in [0.25, 0.3) is 0 Å². The number of rotatable bonds is 8. The standard InChI is InChI=1S/C18H32O6/c1-7-16-23-15(10-11(2)19)12(3)17(24-16)14(22-13(4)20)8-9-18(5,6)21/h7,11-12,14-17,19,21H,1,8-10H2,2-6H3/t11?,12-,14-,15?,16?,17+/m0/s1. The Bertz CT molecular complexity index is 414. The van der Waals surface area contributed by atoms with Crippen LogP contribution in [-0.2, 0) is 19.0 Å². The lowest BCUT2D eigenvalue weighted by molar-refractivity contribution is -0.270. The van der Waals surface area contributed by atoms with Gasteiger partial charge in [-0.3, -0.25) is 4.79 Å². The van der Waals surface area contributed by atoms with Crippen LogP contribution in [0.3, 0.4) is 0 Å². The van der Waals surface area contributed by atoms with Crippen LogP contribution in [0.4, 0.5) is 0 Å². The predicted octanol–water partition coefficient (Wildman–Crippen LogP) is 2.17. The maximum absolute atomic E-state index is 11.5. The number of hydrogen-bond acceptors (Lipinski definition) is 6. The molecule has 3 unspecified atom stereocenters. The number of esters is 1. The summed E-state index contributed by atoms with van der Waals surface area (Å²) in [7, 11) is 0. The topological polar surface area (TPSA) is 85.2 Å². The van der Waals surface area contributed by atoms with Crippen molar-refractivity contribution in [1.29, 1.82) is 0 Å². The fourth-order valence-corrected chi connectivity index (χ4v) is 2.96. The van der Waals surface area contributed by atoms with Gasteiger partial charge in [-0.1, -0.05) is 13.5 Å². The SMILES string of the molecule is C=CC1OC(CC(C)O)[C@H](C)[C@H]([C@H](CCC(C)(C)O)OC(C)=O)O1. The lowest BCUT2D eigenvalue weighted by atomic mass is 9.86. The molecule has 1 aliphatic rings. The van der Waals surface area contributed by atoms with Crippen LogP contribution in [-0.4, -0.2) is 52.5 Å². The molecule has 0 spiro atoms. The number of aliphatic hydroxyl groups excluding tert-OH is 1. The summed E-state index contributed by atoms with van der Waals surface area (Å²) in [5.74, 6) is -0.470. The van der Waals surface area contributed by atoms with Crippen molar-refractivity contribution < 1.29 is 29.2 Å². The molecule has 1 aliphatic heterocycles. The van der Waals surface area contributed by atoms with Gasteiger partial charge < -0.3 is 24.4 Å². The Kier molecular flexibility index (Phi) is 7.86. The van der Waals surface area contributed by atoms with E-state index in [4.69, 9.17) is 14.2 Å². The zero-order valence-electron chi connectivity index (χ0n) is 15.4. The second-order valence-corrected chi connectivity index (χ2v) is 7.32. The molecule has 0 amide bonds. The van der Waals surface area contributed by atoms with E-state index in [2.05, 4.69) is 6.58 Å². The summed E-state index contributed by atoms with van der Waals surface area (Å²) >= 11 is 0. The molecule has 6 nitrogen and oxygen atoms in total. The molecular formula is C18H32O6. The van der Waals surface area contributed by atoms with Gasteiger partial charge in [-0.2, -0.15) is 0 Å². The Morgan fingerprint density at radius 1 is 1.42 bits per heavy atom. The third kappa shape index (κ3) is 6.89. The van der Waals surface area contributed by atoms with Gasteiger partial charge in [0, 0.05) is 12.8 Å². The largest absolute Gasteiger partial charge is 0.460 e. The number of carbonyl (C=O) groups excluding carboxylic acids is 1. The van der Waals surface area contributed by atoms with Crippen molar-refractivity contribution in [3.63, 3.8) is 0 Å². The van der Waals surface area contributed by atoms with Crippen molar-refractivity contribution in [1.82, 2.24) is 0 Å². The van der Waals surface area contributed by atoms with Crippen molar-refractivity contribution in [2.75, 3.05) is 0 Å². The summed E-state index contributed by atoms with van der Waals surface area (Å²) in [5.41, 5.74) is -0.857. The molecule has 1 fully saturated rings. The molecule has 2 N–H and O–H groups in total. The molecule has 0 saturated carbocycles. The van der Waals surface area contributed by atoms with Crippen LogP contribution >= 0.6 is 0 Å². The smallest absolute Gasteiger partial charge is 0.302 e. The molecule has 1 heterocycles. The monoisotopic (exact) mass is 344 g/mol. The summed E-state index contributed by atoms with van der Waals surface area (Å²) in [5, 5.41) is 19.7. The van der Waals surface area contributed by atoms with E-state index < -0.39 is 30.2 Å². The molecule has 6 atom stereocenters. The molecule has 24 heavy (non-hydrogen) atoms. The highest BCUT2D eigenvalue weighted by atomic mass is 16.7. The van der Waals surface area contributed by atoms with Gasteiger partial charge in [0.05, 0.1) is 17.8 Å². The van der Waals surface area contributed by atoms with Crippen LogP contribution in [0.2, 0.25) is 0 Å². The van der Waals surface area contributed by atoms with E-state index in [9.17, 15) is 15.0 Å². The highest BCUT2D eigenvalue weighted by molar-refractivity contribution is 5.66. The number of ether oxygens (including phenoxy) is 3. The average Bonchev–Trinajstić information content (AvgIpc) is 2.44. The maximum Gasteiger partial charge on any atom is 0.302 e. The first-order valence-corrected chi connectivity index (χ1v) is 8.54. The zero-order valence-corrected chi connectivity index (χ0v) is 15.4. The van der Waals surface area contributed by atoms with Crippen LogP contribution in [0.5, 0.6) is 0 Å². The Morgan fingerprint density at radius 2 is 2.04 bits per heavy atom. The fraction of sp³-hybridized carbons (Fsp3) is 0.833. The quantitative estimate of drug-likeness (QED) is 0.518. The van der Waals surface area contributed by atoms with E-state index >= 15 is 0 Å². The first-order chi connectivity index (χ1) is 11.0. The van der Waals surface area contributed by atoms with Crippen molar-refractivity contribution in [2.45, 2.75) is 90.2 Å². The Hall–Kier alpha value is -0.950. The number of hydrogen-bond donors (Lipinski definition) is 2. The van der Waals surface area contributed by atoms with Crippen LogP contribution < -0.4 is 0 Å². The first kappa shape index (κ1) is 21.1. The summed E-state index contributed by atoms with van der Waals surface area (Å²) in [4.78, 5) is 11.5. The summed E-state index contributed by atoms with van der Waals surface area (Å²) < 4.78 is 17.2. The molecule has 140 valence electrons. The number of carbonyl (C=O) groups is 1. The van der Waals surface area contributed by atoms with E-state index in [-0.39, 0.29) is 18.0 Å². The lowest BCUT2D eigenvalue weighted by Crippen LogP contribution is -2.51. The van der Waals surface area contributed by atoms with Crippen LogP contribution in [0.25, 0.3) is 0 Å².